The van der Waals surface area contributed by atoms with E-state index >= 15 is 0 Å². The first kappa shape index (κ1) is 20.9. The van der Waals surface area contributed by atoms with Gasteiger partial charge in [-0.05, 0) is 31.0 Å². The van der Waals surface area contributed by atoms with Crippen molar-refractivity contribution in [2.75, 3.05) is 41.8 Å². The van der Waals surface area contributed by atoms with Gasteiger partial charge < -0.3 is 24.7 Å². The minimum absolute atomic E-state index is 0.299. The third kappa shape index (κ3) is 4.14. The molecular formula is C25H28N8O. The summed E-state index contributed by atoms with van der Waals surface area (Å²) in [5.74, 6) is 2.88. The molecule has 2 saturated heterocycles. The molecule has 0 atom stereocenters. The van der Waals surface area contributed by atoms with Crippen molar-refractivity contribution >= 4 is 34.7 Å². The van der Waals surface area contributed by atoms with Crippen molar-refractivity contribution < 1.29 is 4.74 Å². The van der Waals surface area contributed by atoms with E-state index in [4.69, 9.17) is 19.7 Å². The number of rotatable bonds is 8. The van der Waals surface area contributed by atoms with Crippen molar-refractivity contribution in [3.05, 3.63) is 60.7 Å². The molecule has 0 aromatic carbocycles. The Morgan fingerprint density at radius 2 is 1.91 bits per heavy atom. The molecule has 2 fully saturated rings. The first-order valence-electron chi connectivity index (χ1n) is 11.8. The molecule has 2 aliphatic rings. The summed E-state index contributed by atoms with van der Waals surface area (Å²) < 4.78 is 7.41. The Bertz CT molecular complexity index is 1310. The minimum atomic E-state index is 0.299. The lowest BCUT2D eigenvalue weighted by Crippen LogP contribution is -2.66. The predicted octanol–water partition coefficient (Wildman–Crippen LogP) is 4.19. The highest BCUT2D eigenvalue weighted by atomic mass is 16.5. The van der Waals surface area contributed by atoms with Crippen molar-refractivity contribution in [3.8, 4) is 0 Å². The van der Waals surface area contributed by atoms with Crippen molar-refractivity contribution in [1.29, 1.82) is 0 Å². The number of imidazole rings is 1. The van der Waals surface area contributed by atoms with Gasteiger partial charge in [-0.15, -0.1) is 0 Å². The number of nitrogens with one attached hydrogen (secondary N) is 2. The van der Waals surface area contributed by atoms with Gasteiger partial charge in [-0.3, -0.25) is 0 Å². The average Bonchev–Trinajstić information content (AvgIpc) is 3.24. The largest absolute Gasteiger partial charge is 0.380 e. The van der Waals surface area contributed by atoms with E-state index in [1.54, 1.807) is 6.20 Å². The maximum Gasteiger partial charge on any atom is 0.232 e. The van der Waals surface area contributed by atoms with Crippen LogP contribution in [-0.2, 0) is 11.2 Å². The molecule has 0 saturated carbocycles. The molecule has 4 aromatic heterocycles. The lowest BCUT2D eigenvalue weighted by molar-refractivity contribution is -0.127. The number of pyridine rings is 2. The van der Waals surface area contributed by atoms with E-state index in [1.165, 1.54) is 0 Å². The molecule has 6 heterocycles. The first-order chi connectivity index (χ1) is 16.7. The van der Waals surface area contributed by atoms with Crippen molar-refractivity contribution in [2.24, 2.45) is 5.41 Å². The van der Waals surface area contributed by atoms with Crippen LogP contribution in [0.1, 0.15) is 25.5 Å². The van der Waals surface area contributed by atoms with Gasteiger partial charge in [0.25, 0.3) is 0 Å². The second-order valence-corrected chi connectivity index (χ2v) is 9.26. The van der Waals surface area contributed by atoms with E-state index in [0.717, 1.165) is 80.0 Å². The molecule has 0 radical (unpaired) electrons. The van der Waals surface area contributed by atoms with Crippen LogP contribution in [0.15, 0.2) is 55.0 Å². The van der Waals surface area contributed by atoms with Gasteiger partial charge in [0.1, 0.15) is 23.1 Å². The lowest BCUT2D eigenvalue weighted by Gasteiger charge is -2.55. The smallest absolute Gasteiger partial charge is 0.232 e. The van der Waals surface area contributed by atoms with Gasteiger partial charge in [0, 0.05) is 55.2 Å². The van der Waals surface area contributed by atoms with Gasteiger partial charge in [-0.2, -0.15) is 9.97 Å². The van der Waals surface area contributed by atoms with Gasteiger partial charge in [-0.1, -0.05) is 19.4 Å². The Morgan fingerprint density at radius 1 is 1.00 bits per heavy atom. The van der Waals surface area contributed by atoms with Crippen LogP contribution in [0.2, 0.25) is 0 Å². The molecule has 4 aromatic rings. The summed E-state index contributed by atoms with van der Waals surface area (Å²) in [7, 11) is 0. The number of nitrogens with zero attached hydrogens (tertiary/aromatic N) is 6. The van der Waals surface area contributed by atoms with Crippen molar-refractivity contribution in [1.82, 2.24) is 24.3 Å². The molecule has 2 N–H and O–H groups in total. The zero-order valence-corrected chi connectivity index (χ0v) is 19.2. The normalized spacial score (nSPS) is 16.3. The average molecular weight is 457 g/mol. The highest BCUT2D eigenvalue weighted by Gasteiger charge is 2.49. The topological polar surface area (TPSA) is 92.5 Å². The van der Waals surface area contributed by atoms with E-state index in [9.17, 15) is 0 Å². The molecule has 9 nitrogen and oxygen atoms in total. The number of unbranched alkanes of at least 4 members (excludes halogenated alkanes) is 1. The quantitative estimate of drug-likeness (QED) is 0.408. The fraction of sp³-hybridized carbons (Fsp3) is 0.360. The van der Waals surface area contributed by atoms with Crippen LogP contribution in [0.5, 0.6) is 0 Å². The third-order valence-electron chi connectivity index (χ3n) is 6.41. The molecule has 1 spiro atoms. The number of hydrogen-bond acceptors (Lipinski definition) is 8. The highest BCUT2D eigenvalue weighted by Crippen LogP contribution is 2.40. The number of ether oxygens (including phenoxy) is 1. The van der Waals surface area contributed by atoms with Gasteiger partial charge >= 0.3 is 0 Å². The zero-order valence-electron chi connectivity index (χ0n) is 19.2. The second kappa shape index (κ2) is 8.57. The SMILES string of the molecule is CCCCc1cccc(Nc2nc(Nc3ccn4ccnc4c3)cc(N3CC4(COC4)C3)n2)n1. The second-order valence-electron chi connectivity index (χ2n) is 9.26. The van der Waals surface area contributed by atoms with Gasteiger partial charge in [0.2, 0.25) is 5.95 Å². The van der Waals surface area contributed by atoms with Gasteiger partial charge in [-0.25, -0.2) is 9.97 Å². The number of aryl methyl sites for hydroxylation is 1. The Hall–Kier alpha value is -3.72. The van der Waals surface area contributed by atoms with Crippen LogP contribution in [0.4, 0.5) is 29.1 Å². The van der Waals surface area contributed by atoms with Crippen LogP contribution >= 0.6 is 0 Å². The molecule has 0 amide bonds. The summed E-state index contributed by atoms with van der Waals surface area (Å²) in [4.78, 5) is 21.0. The van der Waals surface area contributed by atoms with Gasteiger partial charge in [0.05, 0.1) is 18.6 Å². The van der Waals surface area contributed by atoms with E-state index in [1.807, 2.05) is 47.1 Å². The standard InChI is InChI=1S/C25H28N8O/c1-2-3-5-18-6-4-7-20(27-18)29-24-30-21(28-19-8-10-32-11-9-26-22(32)12-19)13-23(31-24)33-14-25(15-33)16-34-17-25/h4,6-13H,2-3,5,14-17H2,1H3,(H2,27,28,29,30,31). The summed E-state index contributed by atoms with van der Waals surface area (Å²) >= 11 is 0. The maximum absolute atomic E-state index is 5.44. The summed E-state index contributed by atoms with van der Waals surface area (Å²) in [5, 5.41) is 6.75. The molecule has 0 aliphatic carbocycles. The molecule has 0 bridgehead atoms. The fourth-order valence-electron chi connectivity index (χ4n) is 4.51. The molecule has 174 valence electrons. The summed E-state index contributed by atoms with van der Waals surface area (Å²) in [6.45, 7) is 5.77. The molecular weight excluding hydrogens is 428 g/mol. The van der Waals surface area contributed by atoms with Gasteiger partial charge in [0.15, 0.2) is 0 Å². The minimum Gasteiger partial charge on any atom is -0.380 e. The Balaban J connectivity index is 1.27. The van der Waals surface area contributed by atoms with Crippen LogP contribution < -0.4 is 15.5 Å². The van der Waals surface area contributed by atoms with Crippen molar-refractivity contribution in [3.63, 3.8) is 0 Å². The number of hydrogen-bond donors (Lipinski definition) is 2. The third-order valence-corrected chi connectivity index (χ3v) is 6.41. The monoisotopic (exact) mass is 456 g/mol. The molecule has 6 rings (SSSR count). The Kier molecular flexibility index (Phi) is 5.26. The summed E-state index contributed by atoms with van der Waals surface area (Å²) in [6, 6.07) is 12.0. The molecule has 9 heteroatoms. The summed E-state index contributed by atoms with van der Waals surface area (Å²) in [6.07, 6.45) is 8.93. The predicted molar refractivity (Wildman–Crippen MR) is 132 cm³/mol. The fourth-order valence-corrected chi connectivity index (χ4v) is 4.51. The number of aromatic nitrogens is 5. The highest BCUT2D eigenvalue weighted by molar-refractivity contribution is 5.66. The van der Waals surface area contributed by atoms with E-state index in [2.05, 4.69) is 33.5 Å². The number of anilines is 5. The van der Waals surface area contributed by atoms with Crippen LogP contribution in [0, 0.1) is 5.41 Å². The van der Waals surface area contributed by atoms with E-state index < -0.39 is 0 Å². The van der Waals surface area contributed by atoms with E-state index in [0.29, 0.717) is 11.4 Å². The van der Waals surface area contributed by atoms with Crippen LogP contribution in [0.3, 0.4) is 0 Å². The maximum atomic E-state index is 5.44. The zero-order chi connectivity index (χ0) is 23.0. The molecule has 2 aliphatic heterocycles. The Morgan fingerprint density at radius 3 is 2.74 bits per heavy atom. The van der Waals surface area contributed by atoms with Crippen LogP contribution in [-0.4, -0.2) is 50.6 Å². The lowest BCUT2D eigenvalue weighted by atomic mass is 9.78. The molecule has 34 heavy (non-hydrogen) atoms. The summed E-state index contributed by atoms with van der Waals surface area (Å²) in [5.41, 5.74) is 3.17. The molecule has 0 unspecified atom stereocenters. The Labute approximate surface area is 198 Å². The first-order valence-corrected chi connectivity index (χ1v) is 11.8. The van der Waals surface area contributed by atoms with Crippen molar-refractivity contribution in [2.45, 2.75) is 26.2 Å². The van der Waals surface area contributed by atoms with E-state index in [-0.39, 0.29) is 0 Å². The van der Waals surface area contributed by atoms with Crippen LogP contribution in [0.25, 0.3) is 5.65 Å². The number of fused-ring (bicyclic) bond motifs is 1.